The van der Waals surface area contributed by atoms with Gasteiger partial charge in [0, 0.05) is 12.6 Å². The molecule has 3 rings (SSSR count). The Balaban J connectivity index is 0.00000256. The van der Waals surface area contributed by atoms with Crippen LogP contribution < -0.4 is 19.9 Å². The second-order valence-corrected chi connectivity index (χ2v) is 7.04. The van der Waals surface area contributed by atoms with E-state index in [2.05, 4.69) is 14.9 Å². The van der Waals surface area contributed by atoms with Crippen molar-refractivity contribution in [1.82, 2.24) is 14.9 Å². The summed E-state index contributed by atoms with van der Waals surface area (Å²) < 4.78 is 53.6. The number of benzene rings is 1. The van der Waals surface area contributed by atoms with E-state index in [-0.39, 0.29) is 61.2 Å². The molecule has 1 aliphatic heterocycles. The van der Waals surface area contributed by atoms with E-state index in [0.717, 1.165) is 18.4 Å². The minimum atomic E-state index is -4.51. The topological polar surface area (TPSA) is 82.7 Å². The van der Waals surface area contributed by atoms with Gasteiger partial charge in [0.2, 0.25) is 11.8 Å². The average molecular weight is 499 g/mol. The highest BCUT2D eigenvalue weighted by atomic mass is 35.5. The van der Waals surface area contributed by atoms with E-state index in [1.54, 1.807) is 0 Å². The van der Waals surface area contributed by atoms with Crippen molar-refractivity contribution >= 4 is 24.8 Å². The van der Waals surface area contributed by atoms with E-state index >= 15 is 0 Å². The van der Waals surface area contributed by atoms with Gasteiger partial charge >= 0.3 is 12.2 Å². The molecule has 0 unspecified atom stereocenters. The van der Waals surface area contributed by atoms with Crippen LogP contribution in [-0.2, 0) is 6.54 Å². The summed E-state index contributed by atoms with van der Waals surface area (Å²) in [5, 5.41) is 0. The number of piperidine rings is 1. The molecule has 2 aromatic rings. The van der Waals surface area contributed by atoms with Crippen molar-refractivity contribution in [2.24, 2.45) is 5.73 Å². The van der Waals surface area contributed by atoms with Gasteiger partial charge in [-0.15, -0.1) is 24.8 Å². The molecule has 7 nitrogen and oxygen atoms in total. The maximum Gasteiger partial charge on any atom is 0.422 e. The van der Waals surface area contributed by atoms with Gasteiger partial charge in [0.15, 0.2) is 6.61 Å². The van der Waals surface area contributed by atoms with Gasteiger partial charge in [-0.05, 0) is 24.9 Å². The fourth-order valence-corrected chi connectivity index (χ4v) is 3.68. The van der Waals surface area contributed by atoms with E-state index in [1.165, 1.54) is 14.2 Å². The van der Waals surface area contributed by atoms with Crippen LogP contribution in [-0.4, -0.2) is 54.5 Å². The molecular formula is C20H27Cl2F3N4O3. The molecule has 1 aromatic carbocycles. The van der Waals surface area contributed by atoms with E-state index in [0.29, 0.717) is 12.1 Å². The SMILES string of the molecule is COc1nc(OC)c(CN2CCC[C@H](N)[C@H]2c2ccccc2)c(OCC(F)(F)F)n1.Cl.Cl. The van der Waals surface area contributed by atoms with Crippen molar-refractivity contribution in [3.63, 3.8) is 0 Å². The number of aromatic nitrogens is 2. The zero-order chi connectivity index (χ0) is 21.7. The fraction of sp³-hybridized carbons (Fsp3) is 0.500. The molecule has 2 atom stereocenters. The molecule has 1 saturated heterocycles. The third-order valence-electron chi connectivity index (χ3n) is 4.94. The number of nitrogens with two attached hydrogens (primary N) is 1. The third-order valence-corrected chi connectivity index (χ3v) is 4.94. The lowest BCUT2D eigenvalue weighted by Gasteiger charge is -2.40. The molecule has 12 heteroatoms. The lowest BCUT2D eigenvalue weighted by molar-refractivity contribution is -0.154. The molecule has 0 bridgehead atoms. The largest absolute Gasteiger partial charge is 0.481 e. The summed E-state index contributed by atoms with van der Waals surface area (Å²) >= 11 is 0. The molecule has 1 fully saturated rings. The summed E-state index contributed by atoms with van der Waals surface area (Å²) in [6, 6.07) is 9.41. The Kier molecular flexibility index (Phi) is 10.8. The monoisotopic (exact) mass is 498 g/mol. The van der Waals surface area contributed by atoms with Crippen molar-refractivity contribution in [2.45, 2.75) is 37.6 Å². The van der Waals surface area contributed by atoms with Crippen molar-refractivity contribution in [3.8, 4) is 17.8 Å². The number of hydrogen-bond donors (Lipinski definition) is 1. The zero-order valence-electron chi connectivity index (χ0n) is 17.7. The van der Waals surface area contributed by atoms with Crippen molar-refractivity contribution in [2.75, 3.05) is 27.4 Å². The molecular weight excluding hydrogens is 472 g/mol. The molecule has 0 spiro atoms. The number of ether oxygens (including phenoxy) is 3. The highest BCUT2D eigenvalue weighted by molar-refractivity contribution is 5.85. The van der Waals surface area contributed by atoms with Crippen LogP contribution >= 0.6 is 24.8 Å². The fourth-order valence-electron chi connectivity index (χ4n) is 3.68. The van der Waals surface area contributed by atoms with Gasteiger partial charge in [-0.1, -0.05) is 30.3 Å². The summed E-state index contributed by atoms with van der Waals surface area (Å²) in [5.74, 6) is -0.119. The summed E-state index contributed by atoms with van der Waals surface area (Å²) in [6.07, 6.45) is -2.80. The first kappa shape index (κ1) is 28.0. The van der Waals surface area contributed by atoms with Crippen LogP contribution in [0.25, 0.3) is 0 Å². The van der Waals surface area contributed by atoms with Crippen LogP contribution in [0.5, 0.6) is 17.8 Å². The maximum absolute atomic E-state index is 12.8. The van der Waals surface area contributed by atoms with Gasteiger partial charge in [0.05, 0.1) is 25.8 Å². The van der Waals surface area contributed by atoms with E-state index in [1.807, 2.05) is 30.3 Å². The van der Waals surface area contributed by atoms with Crippen LogP contribution in [0.3, 0.4) is 0 Å². The van der Waals surface area contributed by atoms with Gasteiger partial charge in [0.1, 0.15) is 0 Å². The maximum atomic E-state index is 12.8. The van der Waals surface area contributed by atoms with Gasteiger partial charge < -0.3 is 19.9 Å². The Morgan fingerprint density at radius 3 is 2.31 bits per heavy atom. The van der Waals surface area contributed by atoms with Gasteiger partial charge in [0.25, 0.3) is 0 Å². The average Bonchev–Trinajstić information content (AvgIpc) is 2.73. The molecule has 32 heavy (non-hydrogen) atoms. The van der Waals surface area contributed by atoms with Crippen LogP contribution in [0, 0.1) is 0 Å². The lowest BCUT2D eigenvalue weighted by atomic mass is 9.90. The van der Waals surface area contributed by atoms with E-state index in [9.17, 15) is 13.2 Å². The summed E-state index contributed by atoms with van der Waals surface area (Å²) in [6.45, 7) is -0.556. The first-order chi connectivity index (χ1) is 14.3. The van der Waals surface area contributed by atoms with Gasteiger partial charge in [-0.2, -0.15) is 23.1 Å². The number of alkyl halides is 3. The predicted molar refractivity (Wildman–Crippen MR) is 118 cm³/mol. The Morgan fingerprint density at radius 2 is 1.72 bits per heavy atom. The molecule has 1 aromatic heterocycles. The molecule has 2 heterocycles. The number of hydrogen-bond acceptors (Lipinski definition) is 7. The van der Waals surface area contributed by atoms with Crippen LogP contribution in [0.2, 0.25) is 0 Å². The Morgan fingerprint density at radius 1 is 1.06 bits per heavy atom. The Bertz CT molecular complexity index is 847. The first-order valence-electron chi connectivity index (χ1n) is 9.55. The number of nitrogens with zero attached hydrogens (tertiary/aromatic N) is 3. The molecule has 0 radical (unpaired) electrons. The standard InChI is InChI=1S/C20H25F3N4O3.2ClH/c1-28-17-14(18(26-19(25-17)29-2)30-12-20(21,22)23)11-27-10-6-9-15(24)16(27)13-7-4-3-5-8-13;;/h3-5,7-8,15-16H,6,9-12,24H2,1-2H3;2*1H/t15-,16+;;/m0../s1. The van der Waals surface area contributed by atoms with Gasteiger partial charge in [-0.3, -0.25) is 4.90 Å². The van der Waals surface area contributed by atoms with Crippen LogP contribution in [0.1, 0.15) is 30.0 Å². The second kappa shape index (κ2) is 12.3. The Labute approximate surface area is 197 Å². The minimum Gasteiger partial charge on any atom is -0.481 e. The Hall–Kier alpha value is -2.01. The number of methoxy groups -OCH3 is 2. The lowest BCUT2D eigenvalue weighted by Crippen LogP contribution is -2.45. The molecule has 0 saturated carbocycles. The molecule has 0 amide bonds. The second-order valence-electron chi connectivity index (χ2n) is 7.04. The van der Waals surface area contributed by atoms with E-state index in [4.69, 9.17) is 19.9 Å². The number of rotatable bonds is 7. The van der Waals surface area contributed by atoms with Crippen LogP contribution in [0.4, 0.5) is 13.2 Å². The molecule has 1 aliphatic rings. The highest BCUT2D eigenvalue weighted by Gasteiger charge is 2.34. The summed E-state index contributed by atoms with van der Waals surface area (Å²) in [7, 11) is 2.70. The first-order valence-corrected chi connectivity index (χ1v) is 9.55. The summed E-state index contributed by atoms with van der Waals surface area (Å²) in [4.78, 5) is 10.2. The van der Waals surface area contributed by atoms with Crippen molar-refractivity contribution in [1.29, 1.82) is 0 Å². The normalized spacial score (nSPS) is 18.8. The predicted octanol–water partition coefficient (Wildman–Crippen LogP) is 3.94. The van der Waals surface area contributed by atoms with Crippen molar-refractivity contribution < 1.29 is 27.4 Å². The highest BCUT2D eigenvalue weighted by Crippen LogP contribution is 2.36. The van der Waals surface area contributed by atoms with Gasteiger partial charge in [-0.25, -0.2) is 0 Å². The third kappa shape index (κ3) is 6.99. The zero-order valence-corrected chi connectivity index (χ0v) is 19.3. The van der Waals surface area contributed by atoms with Crippen LogP contribution in [0.15, 0.2) is 30.3 Å². The number of halogens is 5. The molecule has 2 N–H and O–H groups in total. The number of likely N-dealkylation sites (tertiary alicyclic amines) is 1. The van der Waals surface area contributed by atoms with Crippen molar-refractivity contribution in [3.05, 3.63) is 41.5 Å². The molecule has 0 aliphatic carbocycles. The smallest absolute Gasteiger partial charge is 0.422 e. The quantitative estimate of drug-likeness (QED) is 0.618. The minimum absolute atomic E-state index is 0. The van der Waals surface area contributed by atoms with E-state index < -0.39 is 12.8 Å². The molecule has 180 valence electrons. The summed E-state index contributed by atoms with van der Waals surface area (Å²) in [5.41, 5.74) is 7.78.